The van der Waals surface area contributed by atoms with Crippen molar-refractivity contribution in [3.8, 4) is 5.75 Å². The Hall–Kier alpha value is -2.70. The molecule has 1 aliphatic heterocycles. The molecule has 0 radical (unpaired) electrons. The summed E-state index contributed by atoms with van der Waals surface area (Å²) in [5.74, 6) is 2.09. The smallest absolute Gasteiger partial charge is 0.251 e. The average Bonchev–Trinajstić information content (AvgIpc) is 3.29. The Morgan fingerprint density at radius 2 is 2.19 bits per heavy atom. The number of ether oxygens (including phenoxy) is 1. The number of hydrogen-bond donors (Lipinski definition) is 3. The Labute approximate surface area is 230 Å². The van der Waals surface area contributed by atoms with E-state index in [-0.39, 0.29) is 12.5 Å². The number of benzene rings is 1. The number of fused-ring (bicyclic) bond motifs is 1. The Morgan fingerprint density at radius 1 is 1.32 bits per heavy atom. The van der Waals surface area contributed by atoms with Gasteiger partial charge in [0, 0.05) is 44.0 Å². The number of aromatic nitrogens is 2. The number of anilines is 1. The van der Waals surface area contributed by atoms with E-state index < -0.39 is 6.10 Å². The Balaban J connectivity index is 1.10. The molecule has 3 aromatic rings. The molecule has 1 atom stereocenters. The van der Waals surface area contributed by atoms with E-state index in [0.717, 1.165) is 58.9 Å². The summed E-state index contributed by atoms with van der Waals surface area (Å²) < 4.78 is 12.5. The lowest BCUT2D eigenvalue weighted by atomic mass is 9.93. The molecule has 3 N–H and O–H groups in total. The van der Waals surface area contributed by atoms with Gasteiger partial charge in [0.25, 0.3) is 5.91 Å². The Kier molecular flexibility index (Phi) is 8.26. The largest absolute Gasteiger partial charge is 0.484 e. The summed E-state index contributed by atoms with van der Waals surface area (Å²) in [4.78, 5) is 23.3. The fraction of sp³-hybridized carbons (Fsp3) is 0.444. The standard InChI is InChI=1S/C27H32IN5O4/c1-17-24(37-16-31-17)15-36-23-6-5-19-13-33(10-8-22(19)26(23)28)14-21(34)12-30-27(35)18-7-9-29-25(11-18)32-20-3-2-4-20/h5-7,9,11,16,20-21,34H,2-4,8,10,12-15H2,1H3,(H,29,32)(H,30,35). The summed E-state index contributed by atoms with van der Waals surface area (Å²) in [6.45, 7) is 4.52. The summed E-state index contributed by atoms with van der Waals surface area (Å²) in [7, 11) is 0. The molecule has 0 spiro atoms. The second-order valence-corrected chi connectivity index (χ2v) is 10.8. The molecule has 37 heavy (non-hydrogen) atoms. The van der Waals surface area contributed by atoms with Crippen molar-refractivity contribution in [2.45, 2.75) is 57.9 Å². The van der Waals surface area contributed by atoms with Crippen LogP contribution in [0.2, 0.25) is 0 Å². The number of hydrogen-bond acceptors (Lipinski definition) is 8. The first-order valence-electron chi connectivity index (χ1n) is 12.7. The maximum absolute atomic E-state index is 12.6. The van der Waals surface area contributed by atoms with Crippen molar-refractivity contribution in [2.75, 3.05) is 25.0 Å². The molecule has 0 bridgehead atoms. The van der Waals surface area contributed by atoms with Gasteiger partial charge in [-0.3, -0.25) is 9.69 Å². The summed E-state index contributed by atoms with van der Waals surface area (Å²) in [6.07, 6.45) is 6.81. The van der Waals surface area contributed by atoms with Crippen molar-refractivity contribution in [1.29, 1.82) is 0 Å². The molecule has 1 aromatic carbocycles. The third-order valence-corrected chi connectivity index (χ3v) is 8.21. The number of amides is 1. The summed E-state index contributed by atoms with van der Waals surface area (Å²) >= 11 is 2.35. The molecule has 1 unspecified atom stereocenters. The number of carbonyl (C=O) groups excluding carboxylic acids is 1. The van der Waals surface area contributed by atoms with Gasteiger partial charge in [0.15, 0.2) is 12.2 Å². The average molecular weight is 617 g/mol. The summed E-state index contributed by atoms with van der Waals surface area (Å²) in [5, 5.41) is 16.8. The third kappa shape index (κ3) is 6.42. The first kappa shape index (κ1) is 25.9. The van der Waals surface area contributed by atoms with E-state index in [9.17, 15) is 9.90 Å². The van der Waals surface area contributed by atoms with Gasteiger partial charge in [0.1, 0.15) is 18.2 Å². The number of aryl methyl sites for hydroxylation is 1. The van der Waals surface area contributed by atoms with Gasteiger partial charge < -0.3 is 24.9 Å². The third-order valence-electron chi connectivity index (χ3n) is 7.03. The molecule has 10 heteroatoms. The van der Waals surface area contributed by atoms with Gasteiger partial charge in [-0.25, -0.2) is 9.97 Å². The second kappa shape index (κ2) is 11.8. The van der Waals surface area contributed by atoms with Crippen LogP contribution in [0.3, 0.4) is 0 Å². The quantitative estimate of drug-likeness (QED) is 0.296. The highest BCUT2D eigenvalue weighted by molar-refractivity contribution is 14.1. The Morgan fingerprint density at radius 3 is 2.95 bits per heavy atom. The number of β-amino-alcohol motifs (C(OH)–C–C–N with tert-alkyl or cyclic N) is 1. The highest BCUT2D eigenvalue weighted by atomic mass is 127. The van der Waals surface area contributed by atoms with Crippen LogP contribution in [0.1, 0.15) is 52.2 Å². The van der Waals surface area contributed by atoms with Crippen LogP contribution in [0.15, 0.2) is 41.3 Å². The molecule has 5 rings (SSSR count). The van der Waals surface area contributed by atoms with E-state index in [1.807, 2.05) is 13.0 Å². The zero-order valence-corrected chi connectivity index (χ0v) is 23.0. The zero-order chi connectivity index (χ0) is 25.8. The van der Waals surface area contributed by atoms with E-state index >= 15 is 0 Å². The molecule has 196 valence electrons. The molecule has 1 fully saturated rings. The Bertz CT molecular complexity index is 1250. The first-order valence-corrected chi connectivity index (χ1v) is 13.8. The molecule has 2 aromatic heterocycles. The molecular formula is C27H32IN5O4. The second-order valence-electron chi connectivity index (χ2n) is 9.72. The van der Waals surface area contributed by atoms with E-state index in [0.29, 0.717) is 24.8 Å². The van der Waals surface area contributed by atoms with Crippen LogP contribution in [-0.4, -0.2) is 57.7 Å². The lowest BCUT2D eigenvalue weighted by Crippen LogP contribution is -2.42. The van der Waals surface area contributed by atoms with Gasteiger partial charge in [-0.2, -0.15) is 0 Å². The zero-order valence-electron chi connectivity index (χ0n) is 20.9. The van der Waals surface area contributed by atoms with E-state index in [4.69, 9.17) is 9.15 Å². The number of oxazole rings is 1. The van der Waals surface area contributed by atoms with Crippen LogP contribution in [0, 0.1) is 10.5 Å². The van der Waals surface area contributed by atoms with Crippen molar-refractivity contribution in [3.05, 3.63) is 68.6 Å². The number of rotatable bonds is 10. The van der Waals surface area contributed by atoms with Gasteiger partial charge in [-0.1, -0.05) is 6.07 Å². The molecule has 3 heterocycles. The molecule has 1 aliphatic carbocycles. The van der Waals surface area contributed by atoms with Crippen LogP contribution < -0.4 is 15.4 Å². The normalized spacial score (nSPS) is 16.5. The SMILES string of the molecule is Cc1ncoc1COc1ccc2c(c1I)CCN(CC(O)CNC(=O)c1ccnc(NC3CCC3)c1)C2. The molecular weight excluding hydrogens is 585 g/mol. The number of nitrogens with one attached hydrogen (secondary N) is 2. The monoisotopic (exact) mass is 617 g/mol. The molecule has 1 saturated carbocycles. The molecule has 1 amide bonds. The van der Waals surface area contributed by atoms with Crippen LogP contribution >= 0.6 is 22.6 Å². The number of halogens is 1. The van der Waals surface area contributed by atoms with Gasteiger partial charge >= 0.3 is 0 Å². The van der Waals surface area contributed by atoms with Crippen LogP contribution in [-0.2, 0) is 19.6 Å². The van der Waals surface area contributed by atoms with Crippen LogP contribution in [0.5, 0.6) is 5.75 Å². The van der Waals surface area contributed by atoms with E-state index in [2.05, 4.69) is 54.2 Å². The van der Waals surface area contributed by atoms with Gasteiger partial charge in [0.05, 0.1) is 15.4 Å². The fourth-order valence-electron chi connectivity index (χ4n) is 4.61. The fourth-order valence-corrected chi connectivity index (χ4v) is 5.56. The highest BCUT2D eigenvalue weighted by Crippen LogP contribution is 2.32. The van der Waals surface area contributed by atoms with Crippen molar-refractivity contribution < 1.29 is 19.1 Å². The molecule has 2 aliphatic rings. The lowest BCUT2D eigenvalue weighted by Gasteiger charge is -2.31. The topological polar surface area (TPSA) is 113 Å². The van der Waals surface area contributed by atoms with Gasteiger partial charge in [0.2, 0.25) is 0 Å². The van der Waals surface area contributed by atoms with Crippen molar-refractivity contribution in [2.24, 2.45) is 0 Å². The molecule has 9 nitrogen and oxygen atoms in total. The summed E-state index contributed by atoms with van der Waals surface area (Å²) in [5.41, 5.74) is 3.90. The van der Waals surface area contributed by atoms with E-state index in [1.165, 1.54) is 23.9 Å². The minimum atomic E-state index is -0.660. The maximum Gasteiger partial charge on any atom is 0.251 e. The molecule has 0 saturated heterocycles. The van der Waals surface area contributed by atoms with Crippen LogP contribution in [0.25, 0.3) is 0 Å². The predicted octanol–water partition coefficient (Wildman–Crippen LogP) is 3.68. The van der Waals surface area contributed by atoms with Gasteiger partial charge in [-0.15, -0.1) is 0 Å². The predicted molar refractivity (Wildman–Crippen MR) is 148 cm³/mol. The number of carbonyl (C=O) groups is 1. The highest BCUT2D eigenvalue weighted by Gasteiger charge is 2.23. The summed E-state index contributed by atoms with van der Waals surface area (Å²) in [6, 6.07) is 8.01. The number of aliphatic hydroxyl groups is 1. The number of aliphatic hydroxyl groups excluding tert-OH is 1. The minimum Gasteiger partial charge on any atom is -0.484 e. The first-order chi connectivity index (χ1) is 18.0. The van der Waals surface area contributed by atoms with E-state index in [1.54, 1.807) is 18.3 Å². The van der Waals surface area contributed by atoms with Crippen molar-refractivity contribution in [3.63, 3.8) is 0 Å². The minimum absolute atomic E-state index is 0.196. The van der Waals surface area contributed by atoms with Crippen molar-refractivity contribution >= 4 is 34.3 Å². The lowest BCUT2D eigenvalue weighted by molar-refractivity contribution is 0.0841. The maximum atomic E-state index is 12.6. The van der Waals surface area contributed by atoms with Crippen molar-refractivity contribution in [1.82, 2.24) is 20.2 Å². The number of nitrogens with zero attached hydrogens (tertiary/aromatic N) is 3. The van der Waals surface area contributed by atoms with Crippen LogP contribution in [0.4, 0.5) is 5.82 Å². The number of pyridine rings is 1. The van der Waals surface area contributed by atoms with Gasteiger partial charge in [-0.05, 0) is 84.5 Å².